The fraction of sp³-hybridized carbons (Fsp3) is 0.160. The van der Waals surface area contributed by atoms with Crippen LogP contribution in [0.3, 0.4) is 0 Å². The second kappa shape index (κ2) is 10.9. The van der Waals surface area contributed by atoms with Gasteiger partial charge in [-0.3, -0.25) is 0 Å². The maximum Gasteiger partial charge on any atom is 0.248 e. The number of para-hydroxylation sites is 2. The van der Waals surface area contributed by atoms with Crippen LogP contribution in [0.2, 0.25) is 0 Å². The maximum absolute atomic E-state index is 2.62. The average molecular weight is 693 g/mol. The van der Waals surface area contributed by atoms with Crippen molar-refractivity contribution in [2.45, 2.75) is 52.4 Å². The van der Waals surface area contributed by atoms with Crippen molar-refractivity contribution in [3.05, 3.63) is 157 Å². The molecule has 7 aromatic rings. The minimum Gasteiger partial charge on any atom is -0.311 e. The molecular weight excluding hydrogens is 650 g/mol. The number of benzene rings is 7. The van der Waals surface area contributed by atoms with Crippen LogP contribution in [-0.4, -0.2) is 13.4 Å². The molecule has 258 valence electrons. The third kappa shape index (κ3) is 4.20. The van der Waals surface area contributed by atoms with Gasteiger partial charge in [-0.15, -0.1) is 0 Å². The summed E-state index contributed by atoms with van der Waals surface area (Å²) >= 11 is 0. The van der Waals surface area contributed by atoms with Crippen molar-refractivity contribution in [3.63, 3.8) is 0 Å². The Kier molecular flexibility index (Phi) is 6.42. The van der Waals surface area contributed by atoms with Gasteiger partial charge in [0.2, 0.25) is 13.4 Å². The van der Waals surface area contributed by atoms with Gasteiger partial charge in [-0.05, 0) is 109 Å². The molecule has 7 aromatic carbocycles. The first-order valence-electron chi connectivity index (χ1n) is 19.5. The summed E-state index contributed by atoms with van der Waals surface area (Å²) in [6.45, 7) is 14.6. The predicted octanol–water partition coefficient (Wildman–Crippen LogP) is 8.84. The summed E-state index contributed by atoms with van der Waals surface area (Å²) in [4.78, 5) is 5.24. The molecule has 0 atom stereocenters. The fourth-order valence-electron chi connectivity index (χ4n) is 10.3. The van der Waals surface area contributed by atoms with Crippen LogP contribution in [0, 0.1) is 0 Å². The highest BCUT2D eigenvalue weighted by Gasteiger charge is 2.50. The molecule has 0 amide bonds. The molecule has 0 saturated heterocycles. The zero-order valence-corrected chi connectivity index (χ0v) is 31.9. The molecule has 0 aliphatic carbocycles. The van der Waals surface area contributed by atoms with Crippen molar-refractivity contribution >= 4 is 80.3 Å². The van der Waals surface area contributed by atoms with Gasteiger partial charge < -0.3 is 9.80 Å². The Morgan fingerprint density at radius 3 is 1.57 bits per heavy atom. The van der Waals surface area contributed by atoms with Gasteiger partial charge in [-0.2, -0.15) is 0 Å². The Hall–Kier alpha value is -5.73. The summed E-state index contributed by atoms with van der Waals surface area (Å²) in [5.41, 5.74) is 24.1. The molecule has 4 aliphatic heterocycles. The molecule has 0 fully saturated rings. The lowest BCUT2D eigenvalue weighted by molar-refractivity contribution is 0.590. The van der Waals surface area contributed by atoms with Gasteiger partial charge >= 0.3 is 0 Å². The van der Waals surface area contributed by atoms with E-state index < -0.39 is 0 Å². The number of fused-ring (bicyclic) bond motifs is 10. The Morgan fingerprint density at radius 2 is 0.926 bits per heavy atom. The molecule has 54 heavy (non-hydrogen) atoms. The molecule has 4 heterocycles. The molecule has 11 rings (SSSR count). The quantitative estimate of drug-likeness (QED) is 0.167. The van der Waals surface area contributed by atoms with Crippen LogP contribution >= 0.6 is 0 Å². The molecule has 0 saturated carbocycles. The number of rotatable bonds is 2. The van der Waals surface area contributed by atoms with E-state index in [0.717, 1.165) is 0 Å². The van der Waals surface area contributed by atoms with Gasteiger partial charge in [0.15, 0.2) is 0 Å². The van der Waals surface area contributed by atoms with E-state index in [1.165, 1.54) is 100 Å². The van der Waals surface area contributed by atoms with Crippen LogP contribution in [0.25, 0.3) is 22.3 Å². The van der Waals surface area contributed by atoms with Crippen LogP contribution in [0.15, 0.2) is 146 Å². The van der Waals surface area contributed by atoms with E-state index in [4.69, 9.17) is 0 Å². The highest BCUT2D eigenvalue weighted by molar-refractivity contribution is 7.03. The predicted molar refractivity (Wildman–Crippen MR) is 233 cm³/mol. The summed E-state index contributed by atoms with van der Waals surface area (Å²) in [5.74, 6) is 0. The third-order valence-electron chi connectivity index (χ3n) is 12.5. The lowest BCUT2D eigenvalue weighted by atomic mass is 9.33. The van der Waals surface area contributed by atoms with E-state index in [1.807, 2.05) is 0 Å². The molecular formula is C50H42B2N2. The normalized spacial score (nSPS) is 14.3. The largest absolute Gasteiger partial charge is 0.311 e. The summed E-state index contributed by atoms with van der Waals surface area (Å²) in [7, 11) is 0. The second-order valence-corrected chi connectivity index (χ2v) is 17.7. The molecule has 0 radical (unpaired) electrons. The lowest BCUT2D eigenvalue weighted by Gasteiger charge is -2.45. The lowest BCUT2D eigenvalue weighted by Crippen LogP contribution is -2.61. The molecule has 4 aliphatic rings. The van der Waals surface area contributed by atoms with Crippen LogP contribution in [0.5, 0.6) is 0 Å². The Bertz CT molecular complexity index is 2700. The summed E-state index contributed by atoms with van der Waals surface area (Å²) < 4.78 is 0. The fourth-order valence-corrected chi connectivity index (χ4v) is 10.3. The summed E-state index contributed by atoms with van der Waals surface area (Å²) in [5, 5.41) is 0. The molecule has 0 bridgehead atoms. The number of hydrogen-bond donors (Lipinski definition) is 0. The zero-order chi connectivity index (χ0) is 36.7. The highest BCUT2D eigenvalue weighted by Crippen LogP contribution is 2.49. The maximum atomic E-state index is 2.62. The minimum absolute atomic E-state index is 0.0164. The molecule has 0 aromatic heterocycles. The number of hydrogen-bond acceptors (Lipinski definition) is 2. The number of anilines is 6. The SMILES string of the molecule is CC(C)(C)c1cc2c3c(c1)N(c1ccccc1)c1cc4c(c(C(C)(C)C)c1B3c1ccccc1-2)N(c1ccccc1)c1cccc2c1B4c1ccccc1-2. The van der Waals surface area contributed by atoms with Crippen molar-refractivity contribution in [3.8, 4) is 22.3 Å². The molecule has 4 heteroatoms. The van der Waals surface area contributed by atoms with Gasteiger partial charge in [0, 0.05) is 34.1 Å². The first-order chi connectivity index (χ1) is 26.1. The van der Waals surface area contributed by atoms with Crippen LogP contribution < -0.4 is 42.6 Å². The first-order valence-corrected chi connectivity index (χ1v) is 19.5. The highest BCUT2D eigenvalue weighted by atomic mass is 15.2. The average Bonchev–Trinajstić information content (AvgIpc) is 3.69. The van der Waals surface area contributed by atoms with E-state index in [9.17, 15) is 0 Å². The van der Waals surface area contributed by atoms with E-state index >= 15 is 0 Å². The summed E-state index contributed by atoms with van der Waals surface area (Å²) in [6, 6.07) is 55.2. The van der Waals surface area contributed by atoms with Crippen LogP contribution in [0.1, 0.15) is 52.7 Å². The molecule has 0 N–H and O–H groups in total. The third-order valence-corrected chi connectivity index (χ3v) is 12.5. The Balaban J connectivity index is 1.34. The molecule has 0 unspecified atom stereocenters. The van der Waals surface area contributed by atoms with E-state index in [1.54, 1.807) is 0 Å². The zero-order valence-electron chi connectivity index (χ0n) is 31.9. The Labute approximate surface area is 320 Å². The standard InChI is InChI=1S/C50H42B2N2/c1-49(2,3)31-28-37-35-23-14-16-26-39(35)52-46(37)42(29-31)53(32-18-9-7-10-19-32)43-30-40-48(44(47(43)52)50(4,5)6)54(33-20-11-8-12-21-33)41-27-17-24-36-34-22-13-15-25-38(34)51(40)45(36)41/h7-30H,1-6H3. The van der Waals surface area contributed by atoms with Crippen molar-refractivity contribution < 1.29 is 0 Å². The van der Waals surface area contributed by atoms with Gasteiger partial charge in [-0.1, -0.05) is 156 Å². The van der Waals surface area contributed by atoms with Crippen molar-refractivity contribution in [1.29, 1.82) is 0 Å². The van der Waals surface area contributed by atoms with Crippen molar-refractivity contribution in [2.24, 2.45) is 0 Å². The Morgan fingerprint density at radius 1 is 0.389 bits per heavy atom. The van der Waals surface area contributed by atoms with Crippen LogP contribution in [-0.2, 0) is 10.8 Å². The van der Waals surface area contributed by atoms with Gasteiger partial charge in [0.25, 0.3) is 0 Å². The molecule has 2 nitrogen and oxygen atoms in total. The smallest absolute Gasteiger partial charge is 0.248 e. The second-order valence-electron chi connectivity index (χ2n) is 17.7. The van der Waals surface area contributed by atoms with Crippen LogP contribution in [0.4, 0.5) is 34.1 Å². The number of nitrogens with zero attached hydrogens (tertiary/aromatic N) is 2. The van der Waals surface area contributed by atoms with Gasteiger partial charge in [0.1, 0.15) is 0 Å². The van der Waals surface area contributed by atoms with E-state index in [2.05, 4.69) is 197 Å². The topological polar surface area (TPSA) is 6.48 Å². The molecule has 0 spiro atoms. The van der Waals surface area contributed by atoms with Gasteiger partial charge in [-0.25, -0.2) is 0 Å². The van der Waals surface area contributed by atoms with E-state index in [0.29, 0.717) is 0 Å². The van der Waals surface area contributed by atoms with Crippen molar-refractivity contribution in [2.75, 3.05) is 9.80 Å². The minimum atomic E-state index is -0.196. The van der Waals surface area contributed by atoms with Crippen molar-refractivity contribution in [1.82, 2.24) is 0 Å². The van der Waals surface area contributed by atoms with E-state index in [-0.39, 0.29) is 24.3 Å². The van der Waals surface area contributed by atoms with Gasteiger partial charge in [0.05, 0.1) is 0 Å². The first kappa shape index (κ1) is 31.8. The summed E-state index contributed by atoms with van der Waals surface area (Å²) in [6.07, 6.45) is 0. The monoisotopic (exact) mass is 692 g/mol.